The molecule has 94 valence electrons. The highest BCUT2D eigenvalue weighted by Gasteiger charge is 2.66. The van der Waals surface area contributed by atoms with Crippen LogP contribution in [0.25, 0.3) is 0 Å². The van der Waals surface area contributed by atoms with Crippen molar-refractivity contribution in [3.8, 4) is 0 Å². The average Bonchev–Trinajstić information content (AvgIpc) is 2.81. The molecule has 0 aromatic heterocycles. The number of benzene rings is 1. The smallest absolute Gasteiger partial charge is 0.225 e. The Hall–Kier alpha value is -0.910. The molecule has 0 bridgehead atoms. The molecule has 1 heterocycles. The molecule has 4 nitrogen and oxygen atoms in total. The normalized spacial score (nSPS) is 26.8. The number of hydrogen-bond donors (Lipinski definition) is 0. The van der Waals surface area contributed by atoms with Gasteiger partial charge in [0.1, 0.15) is 5.60 Å². The largest absolute Gasteiger partial charge is 0.347 e. The number of hydrogen-bond acceptors (Lipinski definition) is 4. The molecule has 0 spiro atoms. The summed E-state index contributed by atoms with van der Waals surface area (Å²) in [5.41, 5.74) is 0.450. The predicted molar refractivity (Wildman–Crippen MR) is 63.4 cm³/mol. The van der Waals surface area contributed by atoms with Crippen LogP contribution in [0.5, 0.6) is 0 Å². The van der Waals surface area contributed by atoms with Gasteiger partial charge in [0, 0.05) is 18.9 Å². The van der Waals surface area contributed by atoms with E-state index in [-0.39, 0.29) is 5.60 Å². The van der Waals surface area contributed by atoms with Crippen LogP contribution in [-0.4, -0.2) is 27.4 Å². The van der Waals surface area contributed by atoms with E-state index in [1.807, 2.05) is 13.8 Å². The third kappa shape index (κ3) is 1.88. The van der Waals surface area contributed by atoms with Crippen molar-refractivity contribution in [1.29, 1.82) is 0 Å². The molecule has 1 atom stereocenters. The van der Waals surface area contributed by atoms with Crippen molar-refractivity contribution in [2.45, 2.75) is 30.1 Å². The molecule has 17 heavy (non-hydrogen) atoms. The maximum absolute atomic E-state index is 11.3. The summed E-state index contributed by atoms with van der Waals surface area (Å²) in [7, 11) is -1.58. The first-order chi connectivity index (χ1) is 7.73. The second-order valence-corrected chi connectivity index (χ2v) is 6.75. The van der Waals surface area contributed by atoms with Crippen LogP contribution in [0.1, 0.15) is 19.4 Å². The van der Waals surface area contributed by atoms with Crippen molar-refractivity contribution < 1.29 is 17.9 Å². The van der Waals surface area contributed by atoms with Gasteiger partial charge in [0.05, 0.1) is 4.90 Å². The van der Waals surface area contributed by atoms with Crippen molar-refractivity contribution in [1.82, 2.24) is 0 Å². The Labute approximate surface area is 101 Å². The summed E-state index contributed by atoms with van der Waals surface area (Å²) < 4.78 is 33.7. The number of epoxide rings is 1. The second-order valence-electron chi connectivity index (χ2n) is 4.73. The molecular formula is C12H16O4S. The third-order valence-electron chi connectivity index (χ3n) is 3.10. The number of ether oxygens (including phenoxy) is 2. The summed E-state index contributed by atoms with van der Waals surface area (Å²) in [5.74, 6) is -0.747. The van der Waals surface area contributed by atoms with Crippen molar-refractivity contribution in [2.75, 3.05) is 13.4 Å². The third-order valence-corrected chi connectivity index (χ3v) is 4.23. The van der Waals surface area contributed by atoms with E-state index in [0.29, 0.717) is 4.90 Å². The van der Waals surface area contributed by atoms with E-state index in [2.05, 4.69) is 0 Å². The second kappa shape index (κ2) is 3.54. The number of rotatable bonds is 3. The molecule has 1 aromatic carbocycles. The molecule has 1 fully saturated rings. The standard InChI is InChI=1S/C12H16O4S/c1-11(2)12(15-3,16-11)9-5-7-10(8-6-9)17(4,13)14/h5-8H,1-4H3. The van der Waals surface area contributed by atoms with Crippen LogP contribution in [-0.2, 0) is 25.1 Å². The molecule has 1 unspecified atom stereocenters. The van der Waals surface area contributed by atoms with Crippen LogP contribution in [0.4, 0.5) is 0 Å². The zero-order valence-electron chi connectivity index (χ0n) is 10.4. The summed E-state index contributed by atoms with van der Waals surface area (Å²) in [4.78, 5) is 0.297. The highest BCUT2D eigenvalue weighted by Crippen LogP contribution is 2.55. The van der Waals surface area contributed by atoms with Gasteiger partial charge in [-0.1, -0.05) is 12.1 Å². The van der Waals surface area contributed by atoms with Gasteiger partial charge < -0.3 is 9.47 Å². The summed E-state index contributed by atoms with van der Waals surface area (Å²) in [5, 5.41) is 0. The monoisotopic (exact) mass is 256 g/mol. The first-order valence-corrected chi connectivity index (χ1v) is 7.18. The summed E-state index contributed by atoms with van der Waals surface area (Å²) in [6.07, 6.45) is 1.19. The maximum atomic E-state index is 11.3. The minimum absolute atomic E-state index is 0.297. The molecule has 0 aliphatic carbocycles. The van der Waals surface area contributed by atoms with E-state index in [0.717, 1.165) is 5.56 Å². The molecule has 1 aliphatic rings. The minimum atomic E-state index is -3.16. The lowest BCUT2D eigenvalue weighted by atomic mass is 9.99. The average molecular weight is 256 g/mol. The lowest BCUT2D eigenvalue weighted by Gasteiger charge is -2.13. The van der Waals surface area contributed by atoms with Gasteiger partial charge in [0.15, 0.2) is 9.84 Å². The van der Waals surface area contributed by atoms with Crippen molar-refractivity contribution >= 4 is 9.84 Å². The molecule has 0 radical (unpaired) electrons. The number of sulfone groups is 1. The Morgan fingerprint density at radius 2 is 1.65 bits per heavy atom. The van der Waals surface area contributed by atoms with E-state index in [1.165, 1.54) is 6.26 Å². The molecule has 0 saturated carbocycles. The van der Waals surface area contributed by atoms with E-state index in [1.54, 1.807) is 31.4 Å². The highest BCUT2D eigenvalue weighted by atomic mass is 32.2. The van der Waals surface area contributed by atoms with E-state index < -0.39 is 15.6 Å². The van der Waals surface area contributed by atoms with Gasteiger partial charge in [0.25, 0.3) is 0 Å². The molecular weight excluding hydrogens is 240 g/mol. The first kappa shape index (κ1) is 12.5. The molecule has 1 saturated heterocycles. The zero-order valence-corrected chi connectivity index (χ0v) is 11.2. The van der Waals surface area contributed by atoms with Crippen LogP contribution in [0.3, 0.4) is 0 Å². The van der Waals surface area contributed by atoms with Crippen molar-refractivity contribution in [3.05, 3.63) is 29.8 Å². The van der Waals surface area contributed by atoms with Gasteiger partial charge in [-0.25, -0.2) is 8.42 Å². The van der Waals surface area contributed by atoms with Gasteiger partial charge >= 0.3 is 0 Å². The Kier molecular flexibility index (Phi) is 2.61. The first-order valence-electron chi connectivity index (χ1n) is 5.29. The lowest BCUT2D eigenvalue weighted by Crippen LogP contribution is -2.20. The highest BCUT2D eigenvalue weighted by molar-refractivity contribution is 7.90. The van der Waals surface area contributed by atoms with Crippen molar-refractivity contribution in [3.63, 3.8) is 0 Å². The fraction of sp³-hybridized carbons (Fsp3) is 0.500. The lowest BCUT2D eigenvalue weighted by molar-refractivity contribution is -0.0148. The molecule has 0 amide bonds. The van der Waals surface area contributed by atoms with Gasteiger partial charge in [-0.05, 0) is 26.0 Å². The molecule has 0 N–H and O–H groups in total. The van der Waals surface area contributed by atoms with Crippen LogP contribution in [0.15, 0.2) is 29.2 Å². The summed E-state index contributed by atoms with van der Waals surface area (Å²) in [6.45, 7) is 3.86. The van der Waals surface area contributed by atoms with E-state index in [4.69, 9.17) is 9.47 Å². The molecule has 1 aromatic rings. The Morgan fingerprint density at radius 1 is 1.18 bits per heavy atom. The topological polar surface area (TPSA) is 55.9 Å². The van der Waals surface area contributed by atoms with Crippen LogP contribution < -0.4 is 0 Å². The van der Waals surface area contributed by atoms with Gasteiger partial charge in [-0.3, -0.25) is 0 Å². The van der Waals surface area contributed by atoms with Crippen LogP contribution >= 0.6 is 0 Å². The van der Waals surface area contributed by atoms with Gasteiger partial charge in [-0.2, -0.15) is 0 Å². The molecule has 2 rings (SSSR count). The SMILES string of the molecule is COC1(c2ccc(S(C)(=O)=O)cc2)OC1(C)C. The summed E-state index contributed by atoms with van der Waals surface area (Å²) >= 11 is 0. The minimum Gasteiger partial charge on any atom is -0.347 e. The van der Waals surface area contributed by atoms with Crippen molar-refractivity contribution in [2.24, 2.45) is 0 Å². The quantitative estimate of drug-likeness (QED) is 0.772. The predicted octanol–water partition coefficient (Wildman–Crippen LogP) is 1.70. The molecule has 5 heteroatoms. The Bertz CT molecular complexity index is 530. The van der Waals surface area contributed by atoms with Gasteiger partial charge in [-0.15, -0.1) is 0 Å². The molecule has 1 aliphatic heterocycles. The maximum Gasteiger partial charge on any atom is 0.225 e. The fourth-order valence-corrected chi connectivity index (χ4v) is 2.70. The fourth-order valence-electron chi connectivity index (χ4n) is 2.07. The zero-order chi connectivity index (χ0) is 12.9. The van der Waals surface area contributed by atoms with E-state index >= 15 is 0 Å². The van der Waals surface area contributed by atoms with Gasteiger partial charge in [0.2, 0.25) is 5.79 Å². The number of methoxy groups -OCH3 is 1. The van der Waals surface area contributed by atoms with Crippen LogP contribution in [0.2, 0.25) is 0 Å². The van der Waals surface area contributed by atoms with Crippen LogP contribution in [0, 0.1) is 0 Å². The summed E-state index contributed by atoms with van der Waals surface area (Å²) in [6, 6.07) is 6.61. The van der Waals surface area contributed by atoms with E-state index in [9.17, 15) is 8.42 Å². The Morgan fingerprint density at radius 3 is 1.94 bits per heavy atom. The Balaban J connectivity index is 2.38.